The average molecular weight is 273 g/mol. The third-order valence-corrected chi connectivity index (χ3v) is 4.90. The molecule has 0 saturated carbocycles. The Morgan fingerprint density at radius 1 is 1.22 bits per heavy atom. The van der Waals surface area contributed by atoms with Crippen LogP contribution in [0.25, 0.3) is 0 Å². The summed E-state index contributed by atoms with van der Waals surface area (Å²) in [6.07, 6.45) is 2.21. The highest BCUT2D eigenvalue weighted by molar-refractivity contribution is 7.91. The highest BCUT2D eigenvalue weighted by Crippen LogP contribution is 2.18. The molecule has 0 unspecified atom stereocenters. The predicted octanol–water partition coefficient (Wildman–Crippen LogP) is 1.41. The molecule has 1 rings (SSSR count). The number of anilines is 1. The van der Waals surface area contributed by atoms with Gasteiger partial charge in [0.05, 0.1) is 22.8 Å². The fraction of sp³-hybridized carbons (Fsp3) is 0.750. The summed E-state index contributed by atoms with van der Waals surface area (Å²) in [4.78, 5) is 0. The van der Waals surface area contributed by atoms with Gasteiger partial charge in [-0.2, -0.15) is 5.10 Å². The summed E-state index contributed by atoms with van der Waals surface area (Å²) in [7, 11) is -2.89. The molecule has 18 heavy (non-hydrogen) atoms. The molecule has 104 valence electrons. The van der Waals surface area contributed by atoms with Gasteiger partial charge in [0.25, 0.3) is 0 Å². The van der Waals surface area contributed by atoms with E-state index in [1.807, 2.05) is 18.5 Å². The minimum atomic E-state index is -2.89. The van der Waals surface area contributed by atoms with Crippen LogP contribution in [0.2, 0.25) is 0 Å². The average Bonchev–Trinajstić information content (AvgIpc) is 2.65. The van der Waals surface area contributed by atoms with E-state index in [0.29, 0.717) is 13.0 Å². The number of rotatable bonds is 7. The first kappa shape index (κ1) is 15.0. The smallest absolute Gasteiger partial charge is 0.150 e. The summed E-state index contributed by atoms with van der Waals surface area (Å²) < 4.78 is 24.7. The fourth-order valence-electron chi connectivity index (χ4n) is 1.96. The van der Waals surface area contributed by atoms with E-state index in [0.717, 1.165) is 29.9 Å². The number of aromatic nitrogens is 2. The van der Waals surface area contributed by atoms with Crippen molar-refractivity contribution in [3.63, 3.8) is 0 Å². The van der Waals surface area contributed by atoms with Crippen molar-refractivity contribution in [3.05, 3.63) is 11.4 Å². The van der Waals surface area contributed by atoms with Crippen molar-refractivity contribution < 1.29 is 8.42 Å². The third kappa shape index (κ3) is 3.48. The summed E-state index contributed by atoms with van der Waals surface area (Å²) in [5.41, 5.74) is 8.69. The number of nitrogens with zero attached hydrogens (tertiary/aromatic N) is 2. The van der Waals surface area contributed by atoms with Crippen LogP contribution in [-0.4, -0.2) is 29.7 Å². The van der Waals surface area contributed by atoms with Crippen molar-refractivity contribution in [1.82, 2.24) is 9.78 Å². The van der Waals surface area contributed by atoms with Crippen LogP contribution in [0.5, 0.6) is 0 Å². The summed E-state index contributed by atoms with van der Waals surface area (Å²) >= 11 is 0. The molecule has 0 fully saturated rings. The topological polar surface area (TPSA) is 78.0 Å². The summed E-state index contributed by atoms with van der Waals surface area (Å²) in [5.74, 6) is 0.420. The zero-order valence-electron chi connectivity index (χ0n) is 11.4. The van der Waals surface area contributed by atoms with Gasteiger partial charge in [-0.15, -0.1) is 0 Å². The maximum atomic E-state index is 11.4. The highest BCUT2D eigenvalue weighted by Gasteiger charge is 2.13. The second kappa shape index (κ2) is 6.22. The van der Waals surface area contributed by atoms with Gasteiger partial charge in [0.1, 0.15) is 9.84 Å². The molecule has 6 heteroatoms. The van der Waals surface area contributed by atoms with E-state index in [-0.39, 0.29) is 11.5 Å². The Morgan fingerprint density at radius 2 is 1.89 bits per heavy atom. The van der Waals surface area contributed by atoms with Crippen LogP contribution >= 0.6 is 0 Å². The van der Waals surface area contributed by atoms with Crippen LogP contribution in [0.1, 0.15) is 38.6 Å². The van der Waals surface area contributed by atoms with Gasteiger partial charge in [0, 0.05) is 12.3 Å². The molecule has 0 saturated heterocycles. The molecule has 0 aliphatic rings. The first-order valence-electron chi connectivity index (χ1n) is 6.49. The Balaban J connectivity index is 2.73. The van der Waals surface area contributed by atoms with Gasteiger partial charge in [-0.3, -0.25) is 4.68 Å². The largest absolute Gasteiger partial charge is 0.396 e. The van der Waals surface area contributed by atoms with Crippen molar-refractivity contribution in [2.75, 3.05) is 17.2 Å². The number of hydrogen-bond donors (Lipinski definition) is 1. The molecule has 5 nitrogen and oxygen atoms in total. The van der Waals surface area contributed by atoms with Gasteiger partial charge in [0.2, 0.25) is 0 Å². The quantitative estimate of drug-likeness (QED) is 0.815. The SMILES string of the molecule is CCc1nn(CCCS(=O)(=O)CC)c(CC)c1N. The first-order valence-corrected chi connectivity index (χ1v) is 8.31. The molecule has 0 aliphatic carbocycles. The van der Waals surface area contributed by atoms with E-state index < -0.39 is 9.84 Å². The lowest BCUT2D eigenvalue weighted by Gasteiger charge is -2.06. The van der Waals surface area contributed by atoms with Crippen molar-refractivity contribution in [2.24, 2.45) is 0 Å². The van der Waals surface area contributed by atoms with Crippen LogP contribution in [0.15, 0.2) is 0 Å². The van der Waals surface area contributed by atoms with E-state index in [1.54, 1.807) is 6.92 Å². The minimum Gasteiger partial charge on any atom is -0.396 e. The molecule has 0 amide bonds. The monoisotopic (exact) mass is 273 g/mol. The zero-order chi connectivity index (χ0) is 13.8. The lowest BCUT2D eigenvalue weighted by Crippen LogP contribution is -2.13. The number of aryl methyl sites for hydroxylation is 2. The van der Waals surface area contributed by atoms with Crippen LogP contribution in [0, 0.1) is 0 Å². The lowest BCUT2D eigenvalue weighted by molar-refractivity contribution is 0.557. The van der Waals surface area contributed by atoms with Crippen LogP contribution in [0.4, 0.5) is 5.69 Å². The third-order valence-electron chi connectivity index (χ3n) is 3.11. The minimum absolute atomic E-state index is 0.203. The number of nitrogens with two attached hydrogens (primary N) is 1. The fourth-order valence-corrected chi connectivity index (χ4v) is 2.82. The van der Waals surface area contributed by atoms with Crippen molar-refractivity contribution in [3.8, 4) is 0 Å². The Hall–Kier alpha value is -1.04. The van der Waals surface area contributed by atoms with Crippen molar-refractivity contribution in [1.29, 1.82) is 0 Å². The number of hydrogen-bond acceptors (Lipinski definition) is 4. The van der Waals surface area contributed by atoms with Crippen molar-refractivity contribution >= 4 is 15.5 Å². The molecular formula is C12H23N3O2S. The molecule has 0 bridgehead atoms. The standard InChI is InChI=1S/C12H23N3O2S/c1-4-10-12(13)11(5-2)15(14-10)8-7-9-18(16,17)6-3/h4-9,13H2,1-3H3. The summed E-state index contributed by atoms with van der Waals surface area (Å²) in [5, 5.41) is 4.44. The molecule has 0 atom stereocenters. The van der Waals surface area contributed by atoms with Gasteiger partial charge >= 0.3 is 0 Å². The van der Waals surface area contributed by atoms with Gasteiger partial charge in [-0.1, -0.05) is 20.8 Å². The molecular weight excluding hydrogens is 250 g/mol. The first-order chi connectivity index (χ1) is 8.45. The summed E-state index contributed by atoms with van der Waals surface area (Å²) in [6.45, 7) is 6.34. The highest BCUT2D eigenvalue weighted by atomic mass is 32.2. The number of nitrogen functional groups attached to an aromatic ring is 1. The van der Waals surface area contributed by atoms with Crippen molar-refractivity contribution in [2.45, 2.75) is 46.6 Å². The zero-order valence-corrected chi connectivity index (χ0v) is 12.3. The Morgan fingerprint density at radius 3 is 2.39 bits per heavy atom. The van der Waals surface area contributed by atoms with Gasteiger partial charge in [0.15, 0.2) is 0 Å². The summed E-state index contributed by atoms with van der Waals surface area (Å²) in [6, 6.07) is 0. The maximum Gasteiger partial charge on any atom is 0.150 e. The molecule has 0 radical (unpaired) electrons. The van der Waals surface area contributed by atoms with E-state index in [2.05, 4.69) is 5.10 Å². The Labute approximate surface area is 109 Å². The second-order valence-corrected chi connectivity index (χ2v) is 6.80. The van der Waals surface area contributed by atoms with Gasteiger partial charge in [-0.25, -0.2) is 8.42 Å². The molecule has 0 aromatic carbocycles. The van der Waals surface area contributed by atoms with Gasteiger partial charge < -0.3 is 5.73 Å². The van der Waals surface area contributed by atoms with E-state index in [9.17, 15) is 8.42 Å². The normalized spacial score (nSPS) is 11.9. The molecule has 0 aliphatic heterocycles. The predicted molar refractivity (Wildman–Crippen MR) is 74.3 cm³/mol. The molecule has 2 N–H and O–H groups in total. The van der Waals surface area contributed by atoms with Gasteiger partial charge in [-0.05, 0) is 19.3 Å². The van der Waals surface area contributed by atoms with Crippen LogP contribution in [0.3, 0.4) is 0 Å². The van der Waals surface area contributed by atoms with Crippen LogP contribution in [-0.2, 0) is 29.2 Å². The molecule has 1 heterocycles. The molecule has 1 aromatic rings. The molecule has 0 spiro atoms. The molecule has 1 aromatic heterocycles. The lowest BCUT2D eigenvalue weighted by atomic mass is 10.2. The Kier molecular flexibility index (Phi) is 5.19. The Bertz CT molecular complexity index is 492. The van der Waals surface area contributed by atoms with E-state index in [1.165, 1.54) is 0 Å². The maximum absolute atomic E-state index is 11.4. The number of sulfone groups is 1. The second-order valence-electron chi connectivity index (χ2n) is 4.33. The van der Waals surface area contributed by atoms with E-state index >= 15 is 0 Å². The van der Waals surface area contributed by atoms with E-state index in [4.69, 9.17) is 5.73 Å². The van der Waals surface area contributed by atoms with Crippen LogP contribution < -0.4 is 5.73 Å².